The molecule has 0 aromatic heterocycles. The molecule has 1 aliphatic carbocycles. The second-order valence-electron chi connectivity index (χ2n) is 5.31. The van der Waals surface area contributed by atoms with Crippen molar-refractivity contribution in [1.29, 1.82) is 0 Å². The van der Waals surface area contributed by atoms with Crippen molar-refractivity contribution >= 4 is 11.6 Å². The van der Waals surface area contributed by atoms with Crippen LogP contribution in [-0.2, 0) is 4.74 Å². The molecule has 4 nitrogen and oxygen atoms in total. The fourth-order valence-corrected chi connectivity index (χ4v) is 2.74. The van der Waals surface area contributed by atoms with Gasteiger partial charge < -0.3 is 15.4 Å². The van der Waals surface area contributed by atoms with Gasteiger partial charge in [-0.1, -0.05) is 6.07 Å². The molecule has 0 bridgehead atoms. The van der Waals surface area contributed by atoms with E-state index in [9.17, 15) is 4.79 Å². The first kappa shape index (κ1) is 14.9. The first-order valence-electron chi connectivity index (χ1n) is 7.40. The lowest BCUT2D eigenvalue weighted by atomic mass is 9.92. The molecule has 1 aliphatic rings. The highest BCUT2D eigenvalue weighted by Gasteiger charge is 2.21. The van der Waals surface area contributed by atoms with Crippen LogP contribution in [0, 0.1) is 0 Å². The van der Waals surface area contributed by atoms with Crippen molar-refractivity contribution in [3.05, 3.63) is 29.8 Å². The number of hydrogen-bond donors (Lipinski definition) is 2. The van der Waals surface area contributed by atoms with Crippen molar-refractivity contribution in [2.24, 2.45) is 0 Å². The van der Waals surface area contributed by atoms with Gasteiger partial charge in [0, 0.05) is 30.9 Å². The van der Waals surface area contributed by atoms with Crippen LogP contribution in [0.5, 0.6) is 0 Å². The Labute approximate surface area is 120 Å². The summed E-state index contributed by atoms with van der Waals surface area (Å²) in [7, 11) is 1.78. The molecule has 1 amide bonds. The molecule has 0 saturated heterocycles. The minimum atomic E-state index is -0.0189. The molecule has 0 heterocycles. The second-order valence-corrected chi connectivity index (χ2v) is 5.31. The Kier molecular flexibility index (Phi) is 5.41. The van der Waals surface area contributed by atoms with Crippen LogP contribution in [0.4, 0.5) is 5.69 Å². The quantitative estimate of drug-likeness (QED) is 0.869. The number of hydrogen-bond acceptors (Lipinski definition) is 3. The number of methoxy groups -OCH3 is 1. The lowest BCUT2D eigenvalue weighted by molar-refractivity contribution is 0.0669. The maximum atomic E-state index is 11.8. The van der Waals surface area contributed by atoms with E-state index in [0.29, 0.717) is 24.3 Å². The van der Waals surface area contributed by atoms with Gasteiger partial charge in [0.05, 0.1) is 6.10 Å². The van der Waals surface area contributed by atoms with Crippen molar-refractivity contribution in [1.82, 2.24) is 5.32 Å². The number of anilines is 1. The number of amides is 1. The Morgan fingerprint density at radius 1 is 1.40 bits per heavy atom. The van der Waals surface area contributed by atoms with Gasteiger partial charge in [0.1, 0.15) is 0 Å². The van der Waals surface area contributed by atoms with Crippen LogP contribution in [0.25, 0.3) is 0 Å². The molecule has 0 spiro atoms. The Morgan fingerprint density at radius 2 is 2.25 bits per heavy atom. The fraction of sp³-hybridized carbons (Fsp3) is 0.562. The van der Waals surface area contributed by atoms with Crippen LogP contribution < -0.4 is 10.6 Å². The average molecular weight is 276 g/mol. The van der Waals surface area contributed by atoms with E-state index >= 15 is 0 Å². The van der Waals surface area contributed by atoms with Crippen LogP contribution in [0.3, 0.4) is 0 Å². The number of benzene rings is 1. The lowest BCUT2D eigenvalue weighted by Gasteiger charge is -2.29. The Balaban J connectivity index is 1.98. The van der Waals surface area contributed by atoms with E-state index in [1.807, 2.05) is 31.2 Å². The van der Waals surface area contributed by atoms with E-state index in [2.05, 4.69) is 10.6 Å². The van der Waals surface area contributed by atoms with Crippen molar-refractivity contribution in [2.45, 2.75) is 44.8 Å². The van der Waals surface area contributed by atoms with E-state index in [-0.39, 0.29) is 5.91 Å². The molecule has 0 radical (unpaired) electrons. The van der Waals surface area contributed by atoms with Gasteiger partial charge in [-0.25, -0.2) is 0 Å². The highest BCUT2D eigenvalue weighted by molar-refractivity contribution is 5.95. The SMILES string of the molecule is CCNC(=O)c1cccc(NC2CCCC(OC)C2)c1. The Morgan fingerprint density at radius 3 is 3.00 bits per heavy atom. The third-order valence-electron chi connectivity index (χ3n) is 3.79. The number of ether oxygens (including phenoxy) is 1. The molecule has 2 N–H and O–H groups in total. The number of carbonyl (C=O) groups is 1. The molecular formula is C16H24N2O2. The normalized spacial score (nSPS) is 22.3. The molecule has 110 valence electrons. The Bertz CT molecular complexity index is 448. The minimum Gasteiger partial charge on any atom is -0.382 e. The largest absolute Gasteiger partial charge is 0.382 e. The molecule has 20 heavy (non-hydrogen) atoms. The van der Waals surface area contributed by atoms with Gasteiger partial charge in [0.2, 0.25) is 0 Å². The standard InChI is InChI=1S/C16H24N2O2/c1-3-17-16(19)12-6-4-7-13(10-12)18-14-8-5-9-15(11-14)20-2/h4,6-7,10,14-15,18H,3,5,8-9,11H2,1-2H3,(H,17,19). The van der Waals surface area contributed by atoms with Gasteiger partial charge in [0.25, 0.3) is 5.91 Å². The van der Waals surface area contributed by atoms with E-state index < -0.39 is 0 Å². The molecule has 1 saturated carbocycles. The number of carbonyl (C=O) groups excluding carboxylic acids is 1. The van der Waals surface area contributed by atoms with Crippen molar-refractivity contribution in [2.75, 3.05) is 19.0 Å². The summed E-state index contributed by atoms with van der Waals surface area (Å²) in [4.78, 5) is 11.8. The average Bonchev–Trinajstić information content (AvgIpc) is 2.48. The van der Waals surface area contributed by atoms with Crippen molar-refractivity contribution in [3.8, 4) is 0 Å². The zero-order valence-electron chi connectivity index (χ0n) is 12.3. The summed E-state index contributed by atoms with van der Waals surface area (Å²) in [5.74, 6) is -0.0189. The van der Waals surface area contributed by atoms with Gasteiger partial charge in [-0.15, -0.1) is 0 Å². The molecule has 1 fully saturated rings. The Hall–Kier alpha value is -1.55. The van der Waals surface area contributed by atoms with Crippen LogP contribution >= 0.6 is 0 Å². The third kappa shape index (κ3) is 3.97. The van der Waals surface area contributed by atoms with Gasteiger partial charge in [-0.05, 0) is 50.8 Å². The highest BCUT2D eigenvalue weighted by atomic mass is 16.5. The molecule has 1 aromatic carbocycles. The lowest BCUT2D eigenvalue weighted by Crippen LogP contribution is -2.31. The van der Waals surface area contributed by atoms with E-state index in [0.717, 1.165) is 24.9 Å². The van der Waals surface area contributed by atoms with Crippen LogP contribution in [0.1, 0.15) is 43.0 Å². The minimum absolute atomic E-state index is 0.0189. The third-order valence-corrected chi connectivity index (χ3v) is 3.79. The molecule has 2 atom stereocenters. The van der Waals surface area contributed by atoms with Gasteiger partial charge in [-0.2, -0.15) is 0 Å². The molecule has 4 heteroatoms. The van der Waals surface area contributed by atoms with Gasteiger partial charge in [0.15, 0.2) is 0 Å². The molecule has 2 unspecified atom stereocenters. The zero-order chi connectivity index (χ0) is 14.4. The maximum absolute atomic E-state index is 11.8. The molecular weight excluding hydrogens is 252 g/mol. The first-order valence-corrected chi connectivity index (χ1v) is 7.40. The summed E-state index contributed by atoms with van der Waals surface area (Å²) in [6.07, 6.45) is 4.88. The van der Waals surface area contributed by atoms with E-state index in [1.54, 1.807) is 7.11 Å². The summed E-state index contributed by atoms with van der Waals surface area (Å²) in [5.41, 5.74) is 1.71. The number of nitrogens with one attached hydrogen (secondary N) is 2. The van der Waals surface area contributed by atoms with E-state index in [4.69, 9.17) is 4.74 Å². The summed E-state index contributed by atoms with van der Waals surface area (Å²) < 4.78 is 5.45. The van der Waals surface area contributed by atoms with Gasteiger partial charge in [-0.3, -0.25) is 4.79 Å². The smallest absolute Gasteiger partial charge is 0.251 e. The second kappa shape index (κ2) is 7.29. The van der Waals surface area contributed by atoms with Gasteiger partial charge >= 0.3 is 0 Å². The van der Waals surface area contributed by atoms with Crippen LogP contribution in [0.15, 0.2) is 24.3 Å². The van der Waals surface area contributed by atoms with Crippen LogP contribution in [-0.4, -0.2) is 31.7 Å². The molecule has 1 aromatic rings. The number of rotatable bonds is 5. The summed E-state index contributed by atoms with van der Waals surface area (Å²) in [5, 5.41) is 6.34. The highest BCUT2D eigenvalue weighted by Crippen LogP contribution is 2.24. The predicted octanol–water partition coefficient (Wildman–Crippen LogP) is 2.81. The first-order chi connectivity index (χ1) is 9.72. The van der Waals surface area contributed by atoms with Crippen molar-refractivity contribution < 1.29 is 9.53 Å². The maximum Gasteiger partial charge on any atom is 0.251 e. The monoisotopic (exact) mass is 276 g/mol. The van der Waals surface area contributed by atoms with E-state index in [1.165, 1.54) is 6.42 Å². The zero-order valence-corrected chi connectivity index (χ0v) is 12.3. The van der Waals surface area contributed by atoms with Crippen molar-refractivity contribution in [3.63, 3.8) is 0 Å². The summed E-state index contributed by atoms with van der Waals surface area (Å²) in [6, 6.07) is 8.12. The predicted molar refractivity (Wildman–Crippen MR) is 81.1 cm³/mol. The topological polar surface area (TPSA) is 50.4 Å². The molecule has 2 rings (SSSR count). The summed E-state index contributed by atoms with van der Waals surface area (Å²) >= 11 is 0. The summed E-state index contributed by atoms with van der Waals surface area (Å²) in [6.45, 7) is 2.57. The fourth-order valence-electron chi connectivity index (χ4n) is 2.74. The van der Waals surface area contributed by atoms with Crippen LogP contribution in [0.2, 0.25) is 0 Å². The molecule has 0 aliphatic heterocycles.